The molecule has 2 fully saturated rings. The molecule has 4 rings (SSSR count). The molecule has 1 aromatic carbocycles. The molecule has 0 bridgehead atoms. The molecule has 34 heavy (non-hydrogen) atoms. The highest BCUT2D eigenvalue weighted by atomic mass is 32.2. The van der Waals surface area contributed by atoms with Gasteiger partial charge in [-0.05, 0) is 69.6 Å². The smallest absolute Gasteiger partial charge is 0.233 e. The van der Waals surface area contributed by atoms with Gasteiger partial charge < -0.3 is 10.4 Å². The summed E-state index contributed by atoms with van der Waals surface area (Å²) in [7, 11) is -3.36. The van der Waals surface area contributed by atoms with Crippen molar-refractivity contribution in [1.82, 2.24) is 9.78 Å². The van der Waals surface area contributed by atoms with Crippen molar-refractivity contribution in [3.63, 3.8) is 0 Å². The van der Waals surface area contributed by atoms with Crippen LogP contribution in [-0.4, -0.2) is 52.4 Å². The average Bonchev–Trinajstić information content (AvgIpc) is 3.46. The van der Waals surface area contributed by atoms with Gasteiger partial charge in [-0.1, -0.05) is 12.1 Å². The number of nitrogens with one attached hydrogen (secondary N) is 1. The Balaban J connectivity index is 1.53. The largest absolute Gasteiger partial charge is 0.389 e. The van der Waals surface area contributed by atoms with Gasteiger partial charge in [-0.3, -0.25) is 9.48 Å². The molecule has 1 aromatic heterocycles. The molecule has 2 saturated carbocycles. The minimum Gasteiger partial charge on any atom is -0.389 e. The Morgan fingerprint density at radius 1 is 1.18 bits per heavy atom. The summed E-state index contributed by atoms with van der Waals surface area (Å²) in [6.07, 6.45) is 0.245. The maximum Gasteiger partial charge on any atom is 0.233 e. The van der Waals surface area contributed by atoms with Crippen LogP contribution in [0.2, 0.25) is 0 Å². The quantitative estimate of drug-likeness (QED) is 0.551. The number of halogens is 2. The number of aliphatic hydroxyl groups is 1. The summed E-state index contributed by atoms with van der Waals surface area (Å²) in [5.41, 5.74) is -0.395. The lowest BCUT2D eigenvalue weighted by atomic mass is 9.87. The molecule has 2 aromatic rings. The zero-order chi connectivity index (χ0) is 24.7. The molecule has 0 radical (unpaired) electrons. The second-order valence-corrected chi connectivity index (χ2v) is 12.4. The standard InChI is InChI=1S/C24H31F2N3O4S/c1-24(2,31)14-29-10-9-22(28-29)27-23(30)19(11-15-12-20(25)21(26)13-15)16-3-5-17(6-4-16)34(32,33)18-7-8-18/h3-6,9-10,15,18-21,31H,7-8,11-14H2,1-2H3,(H,27,28,30)/t15?,19-,20-,21+/m1/s1. The first kappa shape index (κ1) is 24.8. The Kier molecular flexibility index (Phi) is 6.83. The van der Waals surface area contributed by atoms with E-state index in [1.165, 1.54) is 16.8 Å². The number of alkyl halides is 2. The van der Waals surface area contributed by atoms with Crippen molar-refractivity contribution in [3.05, 3.63) is 42.1 Å². The van der Waals surface area contributed by atoms with E-state index in [1.54, 1.807) is 38.2 Å². The maximum atomic E-state index is 13.8. The van der Waals surface area contributed by atoms with E-state index in [4.69, 9.17) is 0 Å². The molecule has 7 nitrogen and oxygen atoms in total. The topological polar surface area (TPSA) is 101 Å². The summed E-state index contributed by atoms with van der Waals surface area (Å²) in [5.74, 6) is -1.11. The van der Waals surface area contributed by atoms with E-state index in [9.17, 15) is 27.1 Å². The maximum absolute atomic E-state index is 13.8. The van der Waals surface area contributed by atoms with Gasteiger partial charge in [0.05, 0.1) is 28.2 Å². The van der Waals surface area contributed by atoms with Crippen molar-refractivity contribution in [2.24, 2.45) is 5.92 Å². The van der Waals surface area contributed by atoms with Gasteiger partial charge in [0.25, 0.3) is 0 Å². The number of anilines is 1. The first-order valence-corrected chi connectivity index (χ1v) is 13.2. The average molecular weight is 496 g/mol. The van der Waals surface area contributed by atoms with Gasteiger partial charge in [-0.2, -0.15) is 5.10 Å². The lowest BCUT2D eigenvalue weighted by molar-refractivity contribution is -0.118. The van der Waals surface area contributed by atoms with Crippen LogP contribution in [0.15, 0.2) is 41.4 Å². The van der Waals surface area contributed by atoms with Crippen LogP contribution in [-0.2, 0) is 21.2 Å². The van der Waals surface area contributed by atoms with E-state index in [0.29, 0.717) is 24.2 Å². The summed E-state index contributed by atoms with van der Waals surface area (Å²) >= 11 is 0. The van der Waals surface area contributed by atoms with Crippen molar-refractivity contribution in [3.8, 4) is 0 Å². The van der Waals surface area contributed by atoms with Crippen LogP contribution in [0.3, 0.4) is 0 Å². The first-order chi connectivity index (χ1) is 15.9. The van der Waals surface area contributed by atoms with Crippen molar-refractivity contribution < 1.29 is 27.1 Å². The summed E-state index contributed by atoms with van der Waals surface area (Å²) in [6.45, 7) is 3.53. The number of aromatic nitrogens is 2. The molecule has 0 saturated heterocycles. The Labute approximate surface area is 198 Å². The van der Waals surface area contributed by atoms with E-state index in [-0.39, 0.29) is 47.8 Å². The van der Waals surface area contributed by atoms with Gasteiger partial charge in [0, 0.05) is 12.3 Å². The highest BCUT2D eigenvalue weighted by molar-refractivity contribution is 7.92. The summed E-state index contributed by atoms with van der Waals surface area (Å²) in [6, 6.07) is 7.84. The van der Waals surface area contributed by atoms with E-state index < -0.39 is 33.7 Å². The van der Waals surface area contributed by atoms with Crippen molar-refractivity contribution in [2.75, 3.05) is 5.32 Å². The third-order valence-electron chi connectivity index (χ3n) is 6.41. The van der Waals surface area contributed by atoms with Crippen LogP contribution in [0.4, 0.5) is 14.6 Å². The minimum absolute atomic E-state index is 0.0549. The molecule has 0 aliphatic heterocycles. The number of sulfone groups is 1. The van der Waals surface area contributed by atoms with Crippen molar-refractivity contribution in [2.45, 2.75) is 86.5 Å². The third-order valence-corrected chi connectivity index (χ3v) is 8.69. The Morgan fingerprint density at radius 3 is 2.35 bits per heavy atom. The summed E-state index contributed by atoms with van der Waals surface area (Å²) < 4.78 is 54.1. The van der Waals surface area contributed by atoms with Gasteiger partial charge in [-0.15, -0.1) is 0 Å². The highest BCUT2D eigenvalue weighted by Gasteiger charge is 2.38. The molecule has 0 spiro atoms. The Hall–Kier alpha value is -2.33. The number of carbonyl (C=O) groups is 1. The van der Waals surface area contributed by atoms with E-state index in [0.717, 1.165) is 0 Å². The van der Waals surface area contributed by atoms with Crippen LogP contribution >= 0.6 is 0 Å². The monoisotopic (exact) mass is 495 g/mol. The predicted octanol–water partition coefficient (Wildman–Crippen LogP) is 3.79. The number of carbonyl (C=O) groups excluding carboxylic acids is 1. The molecule has 2 N–H and O–H groups in total. The zero-order valence-corrected chi connectivity index (χ0v) is 20.1. The van der Waals surface area contributed by atoms with E-state index in [1.807, 2.05) is 0 Å². The van der Waals surface area contributed by atoms with Crippen LogP contribution in [0, 0.1) is 5.92 Å². The van der Waals surface area contributed by atoms with Gasteiger partial charge in [0.1, 0.15) is 12.3 Å². The van der Waals surface area contributed by atoms with Crippen LogP contribution < -0.4 is 5.32 Å². The van der Waals surface area contributed by atoms with Gasteiger partial charge in [0.15, 0.2) is 15.7 Å². The molecular formula is C24H31F2N3O4S. The Morgan fingerprint density at radius 2 is 1.79 bits per heavy atom. The Bertz CT molecular complexity index is 1110. The van der Waals surface area contributed by atoms with Crippen molar-refractivity contribution >= 4 is 21.6 Å². The number of hydrogen-bond donors (Lipinski definition) is 2. The fourth-order valence-electron chi connectivity index (χ4n) is 4.54. The third kappa shape index (κ3) is 5.83. The number of hydrogen-bond acceptors (Lipinski definition) is 5. The molecule has 10 heteroatoms. The lowest BCUT2D eigenvalue weighted by Gasteiger charge is -2.20. The molecule has 2 aliphatic carbocycles. The zero-order valence-electron chi connectivity index (χ0n) is 19.3. The van der Waals surface area contributed by atoms with E-state index >= 15 is 0 Å². The van der Waals surface area contributed by atoms with E-state index in [2.05, 4.69) is 10.4 Å². The second kappa shape index (κ2) is 9.37. The second-order valence-electron chi connectivity index (χ2n) is 10.2. The minimum atomic E-state index is -3.36. The number of nitrogens with zero attached hydrogens (tertiary/aromatic N) is 2. The fraction of sp³-hybridized carbons (Fsp3) is 0.583. The normalized spacial score (nSPS) is 24.2. The number of amides is 1. The van der Waals surface area contributed by atoms with Crippen LogP contribution in [0.5, 0.6) is 0 Å². The van der Waals surface area contributed by atoms with Gasteiger partial charge in [-0.25, -0.2) is 17.2 Å². The summed E-state index contributed by atoms with van der Waals surface area (Å²) in [5, 5.41) is 16.7. The molecule has 1 amide bonds. The first-order valence-electron chi connectivity index (χ1n) is 11.6. The predicted molar refractivity (Wildman–Crippen MR) is 124 cm³/mol. The molecule has 2 aliphatic rings. The summed E-state index contributed by atoms with van der Waals surface area (Å²) in [4.78, 5) is 13.5. The fourth-order valence-corrected chi connectivity index (χ4v) is 6.19. The SMILES string of the molecule is CC(C)(O)Cn1ccc(NC(=O)[C@H](CC2C[C@@H](F)[C@@H](F)C2)c2ccc(S(=O)(=O)C3CC3)cc2)n1. The van der Waals surface area contributed by atoms with Crippen molar-refractivity contribution in [1.29, 1.82) is 0 Å². The number of rotatable bonds is 9. The highest BCUT2D eigenvalue weighted by Crippen LogP contribution is 2.39. The molecule has 1 heterocycles. The van der Waals surface area contributed by atoms with Gasteiger partial charge in [0.2, 0.25) is 5.91 Å². The number of benzene rings is 1. The molecule has 4 atom stereocenters. The lowest BCUT2D eigenvalue weighted by Crippen LogP contribution is -2.27. The molecule has 1 unspecified atom stereocenters. The molecule has 186 valence electrons. The van der Waals surface area contributed by atoms with Crippen LogP contribution in [0.1, 0.15) is 57.4 Å². The molecular weight excluding hydrogens is 464 g/mol. The van der Waals surface area contributed by atoms with Crippen LogP contribution in [0.25, 0.3) is 0 Å². The van der Waals surface area contributed by atoms with Gasteiger partial charge >= 0.3 is 0 Å².